The molecule has 1 unspecified atom stereocenters. The van der Waals surface area contributed by atoms with Crippen LogP contribution in [0, 0.1) is 0 Å². The standard InChI is InChI=1S/C13H15NO2/c1-2-13(10-6-4-3-5-7-10)11(15)8-9-14-12(13)16/h3-7H,2,8-9H2,1H3,(H,14,16). The molecule has 2 rings (SSSR count). The molecule has 0 saturated carbocycles. The number of rotatable bonds is 2. The summed E-state index contributed by atoms with van der Waals surface area (Å²) >= 11 is 0. The van der Waals surface area contributed by atoms with Crippen molar-refractivity contribution in [3.05, 3.63) is 35.9 Å². The first-order valence-electron chi connectivity index (χ1n) is 5.59. The fourth-order valence-electron chi connectivity index (χ4n) is 2.36. The fourth-order valence-corrected chi connectivity index (χ4v) is 2.36. The van der Waals surface area contributed by atoms with Gasteiger partial charge in [-0.05, 0) is 12.0 Å². The van der Waals surface area contributed by atoms with Crippen LogP contribution in [-0.4, -0.2) is 18.2 Å². The van der Waals surface area contributed by atoms with E-state index in [1.165, 1.54) is 0 Å². The van der Waals surface area contributed by atoms with Crippen molar-refractivity contribution in [1.29, 1.82) is 0 Å². The molecule has 16 heavy (non-hydrogen) atoms. The second-order valence-electron chi connectivity index (χ2n) is 4.05. The Morgan fingerprint density at radius 2 is 1.94 bits per heavy atom. The summed E-state index contributed by atoms with van der Waals surface area (Å²) in [6, 6.07) is 9.32. The second kappa shape index (κ2) is 4.08. The lowest BCUT2D eigenvalue weighted by Crippen LogP contribution is -2.54. The summed E-state index contributed by atoms with van der Waals surface area (Å²) in [5.74, 6) is -0.123. The number of carbonyl (C=O) groups excluding carboxylic acids is 2. The minimum Gasteiger partial charge on any atom is -0.354 e. The van der Waals surface area contributed by atoms with E-state index < -0.39 is 5.41 Å². The van der Waals surface area contributed by atoms with Crippen LogP contribution in [0.2, 0.25) is 0 Å². The number of benzene rings is 1. The minimum absolute atomic E-state index is 0.0324. The molecule has 0 radical (unpaired) electrons. The van der Waals surface area contributed by atoms with Crippen molar-refractivity contribution in [1.82, 2.24) is 5.32 Å². The van der Waals surface area contributed by atoms with Crippen molar-refractivity contribution in [2.75, 3.05) is 6.54 Å². The molecular weight excluding hydrogens is 202 g/mol. The lowest BCUT2D eigenvalue weighted by atomic mass is 9.71. The molecule has 1 fully saturated rings. The molecule has 1 aliphatic heterocycles. The largest absolute Gasteiger partial charge is 0.354 e. The summed E-state index contributed by atoms with van der Waals surface area (Å²) in [7, 11) is 0. The minimum atomic E-state index is -0.959. The van der Waals surface area contributed by atoms with Gasteiger partial charge in [0.25, 0.3) is 0 Å². The van der Waals surface area contributed by atoms with Crippen LogP contribution in [0.4, 0.5) is 0 Å². The Balaban J connectivity index is 2.52. The number of nitrogens with one attached hydrogen (secondary N) is 1. The van der Waals surface area contributed by atoms with E-state index >= 15 is 0 Å². The molecule has 0 spiro atoms. The summed E-state index contributed by atoms with van der Waals surface area (Å²) < 4.78 is 0. The molecule has 84 valence electrons. The fraction of sp³-hybridized carbons (Fsp3) is 0.385. The molecule has 0 bridgehead atoms. The van der Waals surface area contributed by atoms with Gasteiger partial charge in [-0.25, -0.2) is 0 Å². The molecule has 1 aromatic rings. The number of carbonyl (C=O) groups is 2. The molecule has 1 amide bonds. The Bertz CT molecular complexity index is 395. The van der Waals surface area contributed by atoms with Crippen molar-refractivity contribution in [3.8, 4) is 0 Å². The van der Waals surface area contributed by atoms with Crippen molar-refractivity contribution in [2.24, 2.45) is 0 Å². The summed E-state index contributed by atoms with van der Waals surface area (Å²) in [6.07, 6.45) is 0.941. The van der Waals surface area contributed by atoms with Crippen LogP contribution in [0.1, 0.15) is 25.3 Å². The van der Waals surface area contributed by atoms with Crippen LogP contribution in [0.5, 0.6) is 0 Å². The van der Waals surface area contributed by atoms with Crippen LogP contribution in [0.3, 0.4) is 0 Å². The summed E-state index contributed by atoms with van der Waals surface area (Å²) in [5.41, 5.74) is -0.154. The molecule has 1 heterocycles. The van der Waals surface area contributed by atoms with Gasteiger partial charge in [0, 0.05) is 13.0 Å². The number of amides is 1. The van der Waals surface area contributed by atoms with E-state index in [0.717, 1.165) is 5.56 Å². The van der Waals surface area contributed by atoms with Crippen LogP contribution in [0.25, 0.3) is 0 Å². The molecule has 3 nitrogen and oxygen atoms in total. The van der Waals surface area contributed by atoms with E-state index in [-0.39, 0.29) is 11.7 Å². The Labute approximate surface area is 94.9 Å². The van der Waals surface area contributed by atoms with Gasteiger partial charge in [-0.1, -0.05) is 37.3 Å². The Morgan fingerprint density at radius 3 is 2.50 bits per heavy atom. The lowest BCUT2D eigenvalue weighted by Gasteiger charge is -2.34. The van der Waals surface area contributed by atoms with Gasteiger partial charge >= 0.3 is 0 Å². The monoisotopic (exact) mass is 217 g/mol. The highest BCUT2D eigenvalue weighted by atomic mass is 16.2. The zero-order valence-corrected chi connectivity index (χ0v) is 9.32. The average molecular weight is 217 g/mol. The predicted octanol–water partition coefficient (Wildman–Crippen LogP) is 1.42. The molecule has 1 aromatic carbocycles. The van der Waals surface area contributed by atoms with Crippen LogP contribution in [-0.2, 0) is 15.0 Å². The number of hydrogen-bond donors (Lipinski definition) is 1. The van der Waals surface area contributed by atoms with Gasteiger partial charge in [-0.3, -0.25) is 9.59 Å². The van der Waals surface area contributed by atoms with Crippen LogP contribution < -0.4 is 5.32 Å². The third-order valence-electron chi connectivity index (χ3n) is 3.30. The van der Waals surface area contributed by atoms with Gasteiger partial charge in [-0.2, -0.15) is 0 Å². The quantitative estimate of drug-likeness (QED) is 0.762. The van der Waals surface area contributed by atoms with E-state index in [1.54, 1.807) is 0 Å². The first-order chi connectivity index (χ1) is 7.71. The van der Waals surface area contributed by atoms with E-state index in [2.05, 4.69) is 5.32 Å². The first-order valence-corrected chi connectivity index (χ1v) is 5.59. The first kappa shape index (κ1) is 10.9. The van der Waals surface area contributed by atoms with E-state index in [0.29, 0.717) is 19.4 Å². The van der Waals surface area contributed by atoms with Gasteiger partial charge in [0.05, 0.1) is 0 Å². The molecule has 0 aromatic heterocycles. The maximum Gasteiger partial charge on any atom is 0.238 e. The second-order valence-corrected chi connectivity index (χ2v) is 4.05. The van der Waals surface area contributed by atoms with Crippen molar-refractivity contribution in [2.45, 2.75) is 25.2 Å². The molecule has 3 heteroatoms. The van der Waals surface area contributed by atoms with E-state index in [4.69, 9.17) is 0 Å². The van der Waals surface area contributed by atoms with Gasteiger partial charge in [0.1, 0.15) is 5.41 Å². The number of piperidine rings is 1. The van der Waals surface area contributed by atoms with Crippen molar-refractivity contribution >= 4 is 11.7 Å². The maximum atomic E-state index is 12.1. The number of ketones is 1. The summed E-state index contributed by atoms with van der Waals surface area (Å²) in [5, 5.41) is 2.79. The molecule has 1 atom stereocenters. The SMILES string of the molecule is CCC1(c2ccccc2)C(=O)CCNC1=O. The Hall–Kier alpha value is -1.64. The van der Waals surface area contributed by atoms with Crippen LogP contribution in [0.15, 0.2) is 30.3 Å². The topological polar surface area (TPSA) is 46.2 Å². The van der Waals surface area contributed by atoms with E-state index in [9.17, 15) is 9.59 Å². The normalized spacial score (nSPS) is 25.3. The number of hydrogen-bond acceptors (Lipinski definition) is 2. The highest BCUT2D eigenvalue weighted by Crippen LogP contribution is 2.32. The van der Waals surface area contributed by atoms with Crippen molar-refractivity contribution in [3.63, 3.8) is 0 Å². The van der Waals surface area contributed by atoms with Gasteiger partial charge < -0.3 is 5.32 Å². The van der Waals surface area contributed by atoms with Crippen molar-refractivity contribution < 1.29 is 9.59 Å². The number of Topliss-reactive ketones (excluding diaryl/α,β-unsaturated/α-hetero) is 1. The lowest BCUT2D eigenvalue weighted by molar-refractivity contribution is -0.139. The van der Waals surface area contributed by atoms with Crippen LogP contribution >= 0.6 is 0 Å². The predicted molar refractivity (Wildman–Crippen MR) is 61.0 cm³/mol. The average Bonchev–Trinajstić information content (AvgIpc) is 2.31. The van der Waals surface area contributed by atoms with E-state index in [1.807, 2.05) is 37.3 Å². The third kappa shape index (κ3) is 1.43. The Kier molecular flexibility index (Phi) is 2.77. The Morgan fingerprint density at radius 1 is 1.25 bits per heavy atom. The molecule has 1 N–H and O–H groups in total. The van der Waals surface area contributed by atoms with Gasteiger partial charge in [-0.15, -0.1) is 0 Å². The third-order valence-corrected chi connectivity index (χ3v) is 3.30. The highest BCUT2D eigenvalue weighted by Gasteiger charge is 2.47. The summed E-state index contributed by atoms with van der Waals surface area (Å²) in [4.78, 5) is 24.1. The molecule has 1 aliphatic rings. The molecule has 1 saturated heterocycles. The zero-order chi connectivity index (χ0) is 11.6. The maximum absolute atomic E-state index is 12.1. The molecule has 0 aliphatic carbocycles. The smallest absolute Gasteiger partial charge is 0.238 e. The molecular formula is C13H15NO2. The van der Waals surface area contributed by atoms with Gasteiger partial charge in [0.2, 0.25) is 5.91 Å². The highest BCUT2D eigenvalue weighted by molar-refractivity contribution is 6.13. The zero-order valence-electron chi connectivity index (χ0n) is 9.32. The van der Waals surface area contributed by atoms with Gasteiger partial charge in [0.15, 0.2) is 5.78 Å². The summed E-state index contributed by atoms with van der Waals surface area (Å²) in [6.45, 7) is 2.35.